The van der Waals surface area contributed by atoms with Gasteiger partial charge in [0.2, 0.25) is 0 Å². The highest BCUT2D eigenvalue weighted by molar-refractivity contribution is 5.20. The molecule has 0 aromatic heterocycles. The molecule has 4 nitrogen and oxygen atoms in total. The minimum atomic E-state index is -0.585. The van der Waals surface area contributed by atoms with Gasteiger partial charge >= 0.3 is 0 Å². The number of benzene rings is 1. The highest BCUT2D eigenvalue weighted by Gasteiger charge is 2.13. The van der Waals surface area contributed by atoms with Crippen molar-refractivity contribution in [1.29, 1.82) is 0 Å². The lowest BCUT2D eigenvalue weighted by atomic mass is 10.1. The fourth-order valence-corrected chi connectivity index (χ4v) is 1.57. The Morgan fingerprint density at radius 2 is 1.89 bits per heavy atom. The van der Waals surface area contributed by atoms with Gasteiger partial charge in [-0.15, -0.1) is 0 Å². The second-order valence-electron chi connectivity index (χ2n) is 4.72. The quantitative estimate of drug-likeness (QED) is 0.647. The van der Waals surface area contributed by atoms with Crippen LogP contribution < -0.4 is 10.1 Å². The molecule has 102 valence electrons. The molecule has 4 heteroatoms. The Labute approximate surface area is 109 Å². The molecule has 0 saturated heterocycles. The molecule has 0 aliphatic carbocycles. The van der Waals surface area contributed by atoms with E-state index in [-0.39, 0.29) is 19.3 Å². The predicted octanol–water partition coefficient (Wildman–Crippen LogP) is 1.03. The second kappa shape index (κ2) is 8.08. The molecule has 1 aromatic carbocycles. The Bertz CT molecular complexity index is 316. The van der Waals surface area contributed by atoms with Crippen LogP contribution in [0.3, 0.4) is 0 Å². The SMILES string of the molecule is CC(C)C(CO)NCC(O)COc1ccccc1. The number of hydrogen-bond acceptors (Lipinski definition) is 4. The van der Waals surface area contributed by atoms with Crippen molar-refractivity contribution in [3.05, 3.63) is 30.3 Å². The average molecular weight is 253 g/mol. The maximum absolute atomic E-state index is 9.77. The van der Waals surface area contributed by atoms with Crippen LogP contribution in [-0.2, 0) is 0 Å². The summed E-state index contributed by atoms with van der Waals surface area (Å²) in [7, 11) is 0. The van der Waals surface area contributed by atoms with Gasteiger partial charge in [0.1, 0.15) is 18.5 Å². The topological polar surface area (TPSA) is 61.7 Å². The number of rotatable bonds is 8. The van der Waals surface area contributed by atoms with Gasteiger partial charge < -0.3 is 20.3 Å². The molecule has 18 heavy (non-hydrogen) atoms. The summed E-state index contributed by atoms with van der Waals surface area (Å²) >= 11 is 0. The summed E-state index contributed by atoms with van der Waals surface area (Å²) < 4.78 is 5.44. The molecule has 0 heterocycles. The largest absolute Gasteiger partial charge is 0.491 e. The third kappa shape index (κ3) is 5.49. The Hall–Kier alpha value is -1.10. The van der Waals surface area contributed by atoms with Gasteiger partial charge in [-0.1, -0.05) is 32.0 Å². The summed E-state index contributed by atoms with van der Waals surface area (Å²) in [6.45, 7) is 4.79. The van der Waals surface area contributed by atoms with E-state index in [4.69, 9.17) is 9.84 Å². The van der Waals surface area contributed by atoms with Crippen molar-refractivity contribution < 1.29 is 14.9 Å². The van der Waals surface area contributed by atoms with Gasteiger partial charge in [0, 0.05) is 12.6 Å². The van der Waals surface area contributed by atoms with E-state index in [0.29, 0.717) is 12.5 Å². The molecule has 3 N–H and O–H groups in total. The van der Waals surface area contributed by atoms with Crippen molar-refractivity contribution in [3.63, 3.8) is 0 Å². The summed E-state index contributed by atoms with van der Waals surface area (Å²) in [5, 5.41) is 22.0. The summed E-state index contributed by atoms with van der Waals surface area (Å²) in [5.74, 6) is 1.08. The predicted molar refractivity (Wildman–Crippen MR) is 71.7 cm³/mol. The van der Waals surface area contributed by atoms with Crippen LogP contribution in [-0.4, -0.2) is 42.1 Å². The third-order valence-electron chi connectivity index (χ3n) is 2.80. The van der Waals surface area contributed by atoms with Crippen LogP contribution in [0.1, 0.15) is 13.8 Å². The monoisotopic (exact) mass is 253 g/mol. The fourth-order valence-electron chi connectivity index (χ4n) is 1.57. The van der Waals surface area contributed by atoms with Crippen LogP contribution in [0.15, 0.2) is 30.3 Å². The van der Waals surface area contributed by atoms with Crippen LogP contribution in [0.2, 0.25) is 0 Å². The molecule has 0 spiro atoms. The number of aliphatic hydroxyl groups is 2. The minimum absolute atomic E-state index is 0.0105. The Kier molecular flexibility index (Phi) is 6.72. The van der Waals surface area contributed by atoms with Crippen LogP contribution >= 0.6 is 0 Å². The molecule has 0 aliphatic rings. The molecule has 1 aromatic rings. The van der Waals surface area contributed by atoms with Crippen LogP contribution in [0.4, 0.5) is 0 Å². The lowest BCUT2D eigenvalue weighted by molar-refractivity contribution is 0.0962. The summed E-state index contributed by atoms with van der Waals surface area (Å²) in [4.78, 5) is 0. The number of nitrogens with one attached hydrogen (secondary N) is 1. The third-order valence-corrected chi connectivity index (χ3v) is 2.80. The van der Waals surface area contributed by atoms with Crippen molar-refractivity contribution in [2.45, 2.75) is 26.0 Å². The Morgan fingerprint density at radius 3 is 2.44 bits per heavy atom. The lowest BCUT2D eigenvalue weighted by Gasteiger charge is -2.22. The molecular formula is C14H23NO3. The van der Waals surface area contributed by atoms with Gasteiger partial charge in [0.05, 0.1) is 6.61 Å². The maximum Gasteiger partial charge on any atom is 0.119 e. The minimum Gasteiger partial charge on any atom is -0.491 e. The zero-order valence-electron chi connectivity index (χ0n) is 11.0. The second-order valence-corrected chi connectivity index (χ2v) is 4.72. The van der Waals surface area contributed by atoms with E-state index in [2.05, 4.69) is 5.32 Å². The van der Waals surface area contributed by atoms with E-state index >= 15 is 0 Å². The van der Waals surface area contributed by atoms with Crippen molar-refractivity contribution >= 4 is 0 Å². The number of aliphatic hydroxyl groups excluding tert-OH is 2. The molecule has 0 amide bonds. The molecule has 0 fully saturated rings. The fraction of sp³-hybridized carbons (Fsp3) is 0.571. The molecule has 0 bridgehead atoms. The first kappa shape index (κ1) is 15.0. The summed E-state index contributed by atoms with van der Waals surface area (Å²) in [6, 6.07) is 9.41. The zero-order valence-corrected chi connectivity index (χ0v) is 11.0. The first-order valence-corrected chi connectivity index (χ1v) is 6.33. The molecule has 0 aliphatic heterocycles. The zero-order chi connectivity index (χ0) is 13.4. The first-order valence-electron chi connectivity index (χ1n) is 6.33. The van der Waals surface area contributed by atoms with Crippen LogP contribution in [0.25, 0.3) is 0 Å². The van der Waals surface area contributed by atoms with E-state index in [1.54, 1.807) is 0 Å². The van der Waals surface area contributed by atoms with E-state index in [1.807, 2.05) is 44.2 Å². The van der Waals surface area contributed by atoms with Crippen molar-refractivity contribution in [2.75, 3.05) is 19.8 Å². The van der Waals surface area contributed by atoms with Gasteiger partial charge in [-0.3, -0.25) is 0 Å². The van der Waals surface area contributed by atoms with Gasteiger partial charge in [0.25, 0.3) is 0 Å². The van der Waals surface area contributed by atoms with Gasteiger partial charge in [-0.2, -0.15) is 0 Å². The summed E-state index contributed by atoms with van der Waals surface area (Å²) in [6.07, 6.45) is -0.585. The van der Waals surface area contributed by atoms with Crippen molar-refractivity contribution in [2.24, 2.45) is 5.92 Å². The van der Waals surface area contributed by atoms with Crippen molar-refractivity contribution in [3.8, 4) is 5.75 Å². The van der Waals surface area contributed by atoms with E-state index < -0.39 is 6.10 Å². The average Bonchev–Trinajstić information content (AvgIpc) is 2.38. The number of para-hydroxylation sites is 1. The molecule has 1 rings (SSSR count). The highest BCUT2D eigenvalue weighted by Crippen LogP contribution is 2.08. The molecular weight excluding hydrogens is 230 g/mol. The van der Waals surface area contributed by atoms with Gasteiger partial charge in [-0.25, -0.2) is 0 Å². The molecule has 2 atom stereocenters. The first-order chi connectivity index (χ1) is 8.63. The Balaban J connectivity index is 2.23. The smallest absolute Gasteiger partial charge is 0.119 e. The Morgan fingerprint density at radius 1 is 1.22 bits per heavy atom. The van der Waals surface area contributed by atoms with Gasteiger partial charge in [0.15, 0.2) is 0 Å². The van der Waals surface area contributed by atoms with Crippen molar-refractivity contribution in [1.82, 2.24) is 5.32 Å². The molecule has 0 saturated carbocycles. The van der Waals surface area contributed by atoms with E-state index in [9.17, 15) is 5.11 Å². The van der Waals surface area contributed by atoms with Crippen LogP contribution in [0, 0.1) is 5.92 Å². The van der Waals surface area contributed by atoms with E-state index in [1.165, 1.54) is 0 Å². The molecule has 0 radical (unpaired) electrons. The van der Waals surface area contributed by atoms with E-state index in [0.717, 1.165) is 5.75 Å². The standard InChI is InChI=1S/C14H23NO3/c1-11(2)14(9-16)15-8-12(17)10-18-13-6-4-3-5-7-13/h3-7,11-12,14-17H,8-10H2,1-2H3. The molecule has 2 unspecified atom stereocenters. The highest BCUT2D eigenvalue weighted by atomic mass is 16.5. The number of ether oxygens (including phenoxy) is 1. The normalized spacial score (nSPS) is 14.5. The van der Waals surface area contributed by atoms with Gasteiger partial charge in [-0.05, 0) is 18.1 Å². The maximum atomic E-state index is 9.77. The summed E-state index contributed by atoms with van der Waals surface area (Å²) in [5.41, 5.74) is 0. The van der Waals surface area contributed by atoms with Crippen LogP contribution in [0.5, 0.6) is 5.75 Å². The number of hydrogen-bond donors (Lipinski definition) is 3. The lowest BCUT2D eigenvalue weighted by Crippen LogP contribution is -2.42.